The molecule has 0 saturated heterocycles. The molecule has 0 aromatic heterocycles. The molecule has 0 fully saturated rings. The lowest BCUT2D eigenvalue weighted by Gasteiger charge is -2.13. The van der Waals surface area contributed by atoms with Crippen molar-refractivity contribution in [2.45, 2.75) is 19.5 Å². The van der Waals surface area contributed by atoms with Crippen LogP contribution in [0.5, 0.6) is 0 Å². The third-order valence-electron chi connectivity index (χ3n) is 2.08. The summed E-state index contributed by atoms with van der Waals surface area (Å²) in [5.74, 6) is -0.232. The fourth-order valence-corrected chi connectivity index (χ4v) is 1.36. The minimum atomic E-state index is -0.232. The van der Waals surface area contributed by atoms with Crippen molar-refractivity contribution < 1.29 is 4.39 Å². The summed E-state index contributed by atoms with van der Waals surface area (Å²) in [5, 5.41) is 6.64. The maximum Gasteiger partial charge on any atom is 0.167 e. The van der Waals surface area contributed by atoms with Crippen LogP contribution in [0.2, 0.25) is 0 Å². The van der Waals surface area contributed by atoms with Gasteiger partial charge in [0, 0.05) is 12.6 Å². The molecule has 0 bridgehead atoms. The van der Waals surface area contributed by atoms with Crippen LogP contribution in [0.25, 0.3) is 0 Å². The Morgan fingerprint density at radius 3 is 2.69 bits per heavy atom. The Kier molecular flexibility index (Phi) is 4.92. The van der Waals surface area contributed by atoms with Crippen molar-refractivity contribution in [1.82, 2.24) is 10.6 Å². The summed E-state index contributed by atoms with van der Waals surface area (Å²) in [4.78, 5) is 0. The van der Waals surface area contributed by atoms with Gasteiger partial charge in [0.2, 0.25) is 0 Å². The molecule has 0 aliphatic heterocycles. The normalized spacial score (nSPS) is 11.6. The van der Waals surface area contributed by atoms with E-state index in [-0.39, 0.29) is 11.9 Å². The van der Waals surface area contributed by atoms with Crippen LogP contribution < -0.4 is 10.6 Å². The highest BCUT2D eigenvalue weighted by Gasteiger charge is 1.99. The maximum absolute atomic E-state index is 12.6. The number of nitrogens with one attached hydrogen (secondary N) is 2. The average Bonchev–Trinajstić information content (AvgIpc) is 2.28. The van der Waals surface area contributed by atoms with E-state index >= 15 is 0 Å². The van der Waals surface area contributed by atoms with Gasteiger partial charge in [-0.15, -0.1) is 6.58 Å². The molecule has 1 aromatic carbocycles. The minimum Gasteiger partial charge on any atom is -0.359 e. The molecule has 1 rings (SSSR count). The van der Waals surface area contributed by atoms with Crippen LogP contribution >= 0.6 is 12.2 Å². The summed E-state index contributed by atoms with van der Waals surface area (Å²) in [6.45, 7) is 6.19. The van der Waals surface area contributed by atoms with E-state index in [9.17, 15) is 4.39 Å². The number of hydrogen-bond donors (Lipinski definition) is 2. The Morgan fingerprint density at radius 1 is 1.50 bits per heavy atom. The van der Waals surface area contributed by atoms with Crippen molar-refractivity contribution in [1.29, 1.82) is 0 Å². The van der Waals surface area contributed by atoms with Gasteiger partial charge in [0.15, 0.2) is 5.11 Å². The molecule has 0 spiro atoms. The molecule has 1 unspecified atom stereocenters. The standard InChI is InChI=1S/C12H15FN2S/c1-3-9(2)15-12(16)14-8-10-4-6-11(13)7-5-10/h3-7,9H,1,8H2,2H3,(H2,14,15,16). The zero-order chi connectivity index (χ0) is 12.0. The second kappa shape index (κ2) is 6.23. The van der Waals surface area contributed by atoms with Gasteiger partial charge >= 0.3 is 0 Å². The van der Waals surface area contributed by atoms with Gasteiger partial charge in [0.1, 0.15) is 5.82 Å². The quantitative estimate of drug-likeness (QED) is 0.622. The predicted octanol–water partition coefficient (Wildman–Crippen LogP) is 2.36. The van der Waals surface area contributed by atoms with E-state index in [4.69, 9.17) is 12.2 Å². The number of thiocarbonyl (C=S) groups is 1. The van der Waals surface area contributed by atoms with Gasteiger partial charge in [-0.3, -0.25) is 0 Å². The first-order valence-corrected chi connectivity index (χ1v) is 5.44. The minimum absolute atomic E-state index is 0.133. The van der Waals surface area contributed by atoms with Gasteiger partial charge in [0.05, 0.1) is 0 Å². The van der Waals surface area contributed by atoms with Crippen LogP contribution in [0.15, 0.2) is 36.9 Å². The summed E-state index contributed by atoms with van der Waals surface area (Å²) in [6, 6.07) is 6.44. The Hall–Kier alpha value is -1.42. The molecule has 1 aromatic rings. The maximum atomic E-state index is 12.6. The van der Waals surface area contributed by atoms with E-state index in [1.54, 1.807) is 18.2 Å². The number of halogens is 1. The summed E-state index contributed by atoms with van der Waals surface area (Å²) < 4.78 is 12.6. The predicted molar refractivity (Wildman–Crippen MR) is 68.6 cm³/mol. The molecule has 4 heteroatoms. The summed E-state index contributed by atoms with van der Waals surface area (Å²) in [5.41, 5.74) is 0.983. The van der Waals surface area contributed by atoms with Gasteiger partial charge in [-0.1, -0.05) is 18.2 Å². The van der Waals surface area contributed by atoms with Crippen LogP contribution in [-0.4, -0.2) is 11.2 Å². The number of benzene rings is 1. The van der Waals surface area contributed by atoms with Gasteiger partial charge in [0.25, 0.3) is 0 Å². The fourth-order valence-electron chi connectivity index (χ4n) is 1.10. The van der Waals surface area contributed by atoms with Crippen molar-refractivity contribution in [3.8, 4) is 0 Å². The highest BCUT2D eigenvalue weighted by molar-refractivity contribution is 7.80. The lowest BCUT2D eigenvalue weighted by atomic mass is 10.2. The van der Waals surface area contributed by atoms with Crippen molar-refractivity contribution >= 4 is 17.3 Å². The van der Waals surface area contributed by atoms with Crippen molar-refractivity contribution in [3.63, 3.8) is 0 Å². The molecule has 1 atom stereocenters. The van der Waals surface area contributed by atoms with E-state index in [1.807, 2.05) is 6.92 Å². The summed E-state index contributed by atoms with van der Waals surface area (Å²) >= 11 is 5.08. The third-order valence-corrected chi connectivity index (χ3v) is 2.34. The van der Waals surface area contributed by atoms with E-state index in [2.05, 4.69) is 17.2 Å². The first-order valence-electron chi connectivity index (χ1n) is 5.03. The Balaban J connectivity index is 2.37. The molecule has 0 heterocycles. The first-order chi connectivity index (χ1) is 7.61. The molecule has 86 valence electrons. The first kappa shape index (κ1) is 12.6. The zero-order valence-electron chi connectivity index (χ0n) is 9.16. The molecule has 0 amide bonds. The average molecular weight is 238 g/mol. The monoisotopic (exact) mass is 238 g/mol. The Bertz CT molecular complexity index is 362. The Labute approximate surface area is 101 Å². The summed E-state index contributed by atoms with van der Waals surface area (Å²) in [7, 11) is 0. The van der Waals surface area contributed by atoms with E-state index < -0.39 is 0 Å². The second-order valence-electron chi connectivity index (χ2n) is 3.48. The molecule has 2 nitrogen and oxygen atoms in total. The van der Waals surface area contributed by atoms with Crippen molar-refractivity contribution in [2.24, 2.45) is 0 Å². The lowest BCUT2D eigenvalue weighted by molar-refractivity contribution is 0.626. The third kappa shape index (κ3) is 4.40. The highest BCUT2D eigenvalue weighted by Crippen LogP contribution is 2.01. The molecular weight excluding hydrogens is 223 g/mol. The van der Waals surface area contributed by atoms with Gasteiger partial charge in [-0.25, -0.2) is 4.39 Å². The zero-order valence-corrected chi connectivity index (χ0v) is 9.98. The van der Waals surface area contributed by atoms with Crippen LogP contribution in [0, 0.1) is 5.82 Å². The van der Waals surface area contributed by atoms with Gasteiger partial charge < -0.3 is 10.6 Å². The Morgan fingerprint density at radius 2 is 2.12 bits per heavy atom. The highest BCUT2D eigenvalue weighted by atomic mass is 32.1. The molecule has 2 N–H and O–H groups in total. The fraction of sp³-hybridized carbons (Fsp3) is 0.250. The van der Waals surface area contributed by atoms with E-state index in [0.717, 1.165) is 5.56 Å². The molecule has 0 saturated carbocycles. The smallest absolute Gasteiger partial charge is 0.167 e. The van der Waals surface area contributed by atoms with Crippen LogP contribution in [0.3, 0.4) is 0 Å². The molecule has 0 aliphatic rings. The van der Waals surface area contributed by atoms with Crippen molar-refractivity contribution in [3.05, 3.63) is 48.3 Å². The van der Waals surface area contributed by atoms with Crippen LogP contribution in [0.1, 0.15) is 12.5 Å². The van der Waals surface area contributed by atoms with E-state index in [1.165, 1.54) is 12.1 Å². The van der Waals surface area contributed by atoms with Gasteiger partial charge in [-0.05, 0) is 36.8 Å². The van der Waals surface area contributed by atoms with Crippen molar-refractivity contribution in [2.75, 3.05) is 0 Å². The van der Waals surface area contributed by atoms with E-state index in [0.29, 0.717) is 11.7 Å². The SMILES string of the molecule is C=CC(C)NC(=S)NCc1ccc(F)cc1. The van der Waals surface area contributed by atoms with Crippen LogP contribution in [-0.2, 0) is 6.54 Å². The topological polar surface area (TPSA) is 24.1 Å². The lowest BCUT2D eigenvalue weighted by Crippen LogP contribution is -2.39. The largest absolute Gasteiger partial charge is 0.359 e. The number of hydrogen-bond acceptors (Lipinski definition) is 1. The second-order valence-corrected chi connectivity index (χ2v) is 3.89. The summed E-state index contributed by atoms with van der Waals surface area (Å²) in [6.07, 6.45) is 1.77. The van der Waals surface area contributed by atoms with Crippen LogP contribution in [0.4, 0.5) is 4.39 Å². The molecule has 0 aliphatic carbocycles. The van der Waals surface area contributed by atoms with Gasteiger partial charge in [-0.2, -0.15) is 0 Å². The molecule has 16 heavy (non-hydrogen) atoms. The number of rotatable bonds is 4. The molecular formula is C12H15FN2S. The molecule has 0 radical (unpaired) electrons.